The minimum absolute atomic E-state index is 0. The van der Waals surface area contributed by atoms with Gasteiger partial charge in [-0.15, -0.1) is 12.4 Å². The van der Waals surface area contributed by atoms with Gasteiger partial charge in [-0.05, 0) is 18.6 Å². The van der Waals surface area contributed by atoms with Crippen LogP contribution in [-0.4, -0.2) is 47.7 Å². The second kappa shape index (κ2) is 7.80. The number of imidazole rings is 1. The number of anilines is 1. The van der Waals surface area contributed by atoms with Crippen LogP contribution in [0.15, 0.2) is 30.6 Å². The van der Waals surface area contributed by atoms with Gasteiger partial charge >= 0.3 is 0 Å². The molecule has 2 aromatic heterocycles. The van der Waals surface area contributed by atoms with E-state index in [1.165, 1.54) is 0 Å². The minimum Gasteiger partial charge on any atom is -0.496 e. The minimum atomic E-state index is 0. The number of halogens is 2. The summed E-state index contributed by atoms with van der Waals surface area (Å²) >= 11 is 6.28. The molecule has 144 valence electrons. The highest BCUT2D eigenvalue weighted by atomic mass is 35.5. The molecule has 0 radical (unpaired) electrons. The monoisotopic (exact) mass is 409 g/mol. The predicted molar refractivity (Wildman–Crippen MR) is 109 cm³/mol. The first kappa shape index (κ1) is 19.5. The largest absolute Gasteiger partial charge is 0.496 e. The van der Waals surface area contributed by atoms with Crippen LogP contribution in [-0.2, 0) is 0 Å². The lowest BCUT2D eigenvalue weighted by Gasteiger charge is -2.16. The van der Waals surface area contributed by atoms with Crippen LogP contribution >= 0.6 is 24.0 Å². The summed E-state index contributed by atoms with van der Waals surface area (Å²) in [5.74, 6) is 2.71. The lowest BCUT2D eigenvalue weighted by atomic mass is 10.1. The van der Waals surface area contributed by atoms with Gasteiger partial charge in [0.15, 0.2) is 0 Å². The molecular formula is C18H21Cl2N5O2. The van der Waals surface area contributed by atoms with Crippen LogP contribution < -0.4 is 20.1 Å². The number of benzene rings is 1. The van der Waals surface area contributed by atoms with Crippen LogP contribution in [0.1, 0.15) is 6.42 Å². The highest BCUT2D eigenvalue weighted by molar-refractivity contribution is 6.32. The van der Waals surface area contributed by atoms with Crippen molar-refractivity contribution in [3.05, 3.63) is 35.6 Å². The SMILES string of the molecule is COc1cc(OC)c(-c2cn3ccc(N4CC[C@H](N)C4)nc3n2)cc1Cl.Cl. The molecule has 1 aliphatic heterocycles. The van der Waals surface area contributed by atoms with E-state index in [4.69, 9.17) is 26.8 Å². The summed E-state index contributed by atoms with van der Waals surface area (Å²) in [6, 6.07) is 5.73. The van der Waals surface area contributed by atoms with Crippen molar-refractivity contribution in [2.45, 2.75) is 12.5 Å². The molecule has 2 N–H and O–H groups in total. The Balaban J connectivity index is 0.00000210. The second-order valence-corrected chi connectivity index (χ2v) is 6.71. The molecule has 3 aromatic rings. The first-order chi connectivity index (χ1) is 12.6. The average Bonchev–Trinajstić information content (AvgIpc) is 3.26. The first-order valence-electron chi connectivity index (χ1n) is 8.37. The molecule has 0 spiro atoms. The van der Waals surface area contributed by atoms with Gasteiger partial charge in [0.05, 0.1) is 24.9 Å². The number of nitrogens with zero attached hydrogens (tertiary/aromatic N) is 4. The predicted octanol–water partition coefficient (Wildman–Crippen LogP) is 3.03. The molecule has 1 aliphatic rings. The Morgan fingerprint density at radius 1 is 1.19 bits per heavy atom. The van der Waals surface area contributed by atoms with Gasteiger partial charge in [-0.1, -0.05) is 11.6 Å². The molecule has 1 atom stereocenters. The maximum Gasteiger partial charge on any atom is 0.236 e. The third-order valence-electron chi connectivity index (χ3n) is 4.61. The van der Waals surface area contributed by atoms with E-state index in [1.807, 2.05) is 22.9 Å². The summed E-state index contributed by atoms with van der Waals surface area (Å²) < 4.78 is 12.6. The van der Waals surface area contributed by atoms with Gasteiger partial charge < -0.3 is 20.1 Å². The molecule has 0 amide bonds. The molecule has 1 aromatic carbocycles. The van der Waals surface area contributed by atoms with Crippen molar-refractivity contribution in [3.8, 4) is 22.8 Å². The van der Waals surface area contributed by atoms with Crippen molar-refractivity contribution < 1.29 is 9.47 Å². The Labute approximate surface area is 168 Å². The standard InChI is InChI=1S/C18H20ClN5O2.ClH/c1-25-15-8-16(26-2)13(19)7-12(15)14-10-24-6-4-17(22-18(24)21-14)23-5-3-11(20)9-23;/h4,6-8,10-11H,3,5,9,20H2,1-2H3;1H/t11-;/m0./s1. The van der Waals surface area contributed by atoms with Crippen molar-refractivity contribution >= 4 is 35.6 Å². The van der Waals surface area contributed by atoms with Crippen LogP contribution in [0.3, 0.4) is 0 Å². The average molecular weight is 410 g/mol. The van der Waals surface area contributed by atoms with Crippen molar-refractivity contribution in [2.75, 3.05) is 32.2 Å². The third kappa shape index (κ3) is 3.63. The fourth-order valence-corrected chi connectivity index (χ4v) is 3.47. The Bertz CT molecular complexity index is 962. The van der Waals surface area contributed by atoms with Gasteiger partial charge in [0.2, 0.25) is 5.78 Å². The summed E-state index contributed by atoms with van der Waals surface area (Å²) in [7, 11) is 3.18. The van der Waals surface area contributed by atoms with E-state index in [0.29, 0.717) is 22.3 Å². The molecule has 7 nitrogen and oxygen atoms in total. The maximum absolute atomic E-state index is 6.28. The zero-order valence-corrected chi connectivity index (χ0v) is 16.6. The van der Waals surface area contributed by atoms with E-state index in [2.05, 4.69) is 14.9 Å². The van der Waals surface area contributed by atoms with Gasteiger partial charge in [0, 0.05) is 43.2 Å². The zero-order chi connectivity index (χ0) is 18.3. The normalized spacial score (nSPS) is 16.4. The molecule has 0 saturated carbocycles. The van der Waals surface area contributed by atoms with Crippen LogP contribution in [0.4, 0.5) is 5.82 Å². The van der Waals surface area contributed by atoms with Gasteiger partial charge in [-0.3, -0.25) is 4.40 Å². The Morgan fingerprint density at radius 3 is 2.63 bits per heavy atom. The van der Waals surface area contributed by atoms with E-state index >= 15 is 0 Å². The Kier molecular flexibility index (Phi) is 5.64. The smallest absolute Gasteiger partial charge is 0.236 e. The van der Waals surface area contributed by atoms with Crippen molar-refractivity contribution in [1.29, 1.82) is 0 Å². The van der Waals surface area contributed by atoms with E-state index in [1.54, 1.807) is 26.4 Å². The van der Waals surface area contributed by atoms with E-state index in [9.17, 15) is 0 Å². The quantitative estimate of drug-likeness (QED) is 0.713. The maximum atomic E-state index is 6.28. The molecule has 3 heterocycles. The molecule has 1 fully saturated rings. The second-order valence-electron chi connectivity index (χ2n) is 6.30. The molecule has 27 heavy (non-hydrogen) atoms. The van der Waals surface area contributed by atoms with E-state index in [-0.39, 0.29) is 18.4 Å². The van der Waals surface area contributed by atoms with Gasteiger partial charge in [0.1, 0.15) is 17.3 Å². The molecule has 4 rings (SSSR count). The number of nitrogens with two attached hydrogens (primary N) is 1. The summed E-state index contributed by atoms with van der Waals surface area (Å²) in [5, 5.41) is 0.500. The Hall–Kier alpha value is -2.22. The number of rotatable bonds is 4. The number of hydrogen-bond acceptors (Lipinski definition) is 6. The number of aromatic nitrogens is 3. The molecule has 0 bridgehead atoms. The van der Waals surface area contributed by atoms with Gasteiger partial charge in [-0.25, -0.2) is 4.98 Å². The van der Waals surface area contributed by atoms with Crippen molar-refractivity contribution in [3.63, 3.8) is 0 Å². The fourth-order valence-electron chi connectivity index (χ4n) is 3.22. The molecule has 1 saturated heterocycles. The topological polar surface area (TPSA) is 77.9 Å². The first-order valence-corrected chi connectivity index (χ1v) is 8.75. The van der Waals surface area contributed by atoms with Crippen LogP contribution in [0, 0.1) is 0 Å². The molecule has 0 unspecified atom stereocenters. The molecule has 0 aliphatic carbocycles. The summed E-state index contributed by atoms with van der Waals surface area (Å²) in [6.45, 7) is 1.73. The lowest BCUT2D eigenvalue weighted by Crippen LogP contribution is -2.26. The van der Waals surface area contributed by atoms with Crippen LogP contribution in [0.25, 0.3) is 17.0 Å². The Morgan fingerprint density at radius 2 is 1.96 bits per heavy atom. The highest BCUT2D eigenvalue weighted by Gasteiger charge is 2.21. The summed E-state index contributed by atoms with van der Waals surface area (Å²) in [4.78, 5) is 11.5. The zero-order valence-electron chi connectivity index (χ0n) is 15.1. The lowest BCUT2D eigenvalue weighted by molar-refractivity contribution is 0.395. The van der Waals surface area contributed by atoms with Crippen molar-refractivity contribution in [1.82, 2.24) is 14.4 Å². The third-order valence-corrected chi connectivity index (χ3v) is 4.91. The molecular weight excluding hydrogens is 389 g/mol. The fraction of sp³-hybridized carbons (Fsp3) is 0.333. The summed E-state index contributed by atoms with van der Waals surface area (Å²) in [5.41, 5.74) is 7.51. The van der Waals surface area contributed by atoms with Gasteiger partial charge in [0.25, 0.3) is 0 Å². The number of hydrogen-bond donors (Lipinski definition) is 1. The van der Waals surface area contributed by atoms with E-state index < -0.39 is 0 Å². The number of fused-ring (bicyclic) bond motifs is 1. The van der Waals surface area contributed by atoms with Crippen LogP contribution in [0.2, 0.25) is 5.02 Å². The van der Waals surface area contributed by atoms with Gasteiger partial charge in [-0.2, -0.15) is 4.98 Å². The van der Waals surface area contributed by atoms with Crippen molar-refractivity contribution in [2.24, 2.45) is 5.73 Å². The van der Waals surface area contributed by atoms with Crippen LogP contribution in [0.5, 0.6) is 11.5 Å². The number of ether oxygens (including phenoxy) is 2. The summed E-state index contributed by atoms with van der Waals surface area (Å²) in [6.07, 6.45) is 4.84. The highest BCUT2D eigenvalue weighted by Crippen LogP contribution is 2.38. The van der Waals surface area contributed by atoms with E-state index in [0.717, 1.165) is 36.6 Å². The molecule has 9 heteroatoms. The number of methoxy groups -OCH3 is 2.